The monoisotopic (exact) mass is 1260 g/mol. The van der Waals surface area contributed by atoms with Crippen molar-refractivity contribution < 1.29 is 116 Å². The van der Waals surface area contributed by atoms with Gasteiger partial charge < -0.3 is 52.1 Å². The lowest BCUT2D eigenvalue weighted by molar-refractivity contribution is -0.228. The fourth-order valence-corrected chi connectivity index (χ4v) is 17.5. The molecule has 86 heavy (non-hydrogen) atoms. The number of ether oxygens (including phenoxy) is 11. The molecule has 0 radical (unpaired) electrons. The van der Waals surface area contributed by atoms with Crippen molar-refractivity contribution >= 4 is 68.5 Å². The van der Waals surface area contributed by atoms with Gasteiger partial charge in [0.25, 0.3) is 20.2 Å². The van der Waals surface area contributed by atoms with Crippen LogP contribution in [0.2, 0.25) is 0 Å². The second kappa shape index (κ2) is 25.1. The van der Waals surface area contributed by atoms with E-state index in [1.807, 2.05) is 69.2 Å². The largest absolute Gasteiger partial charge is 0.508 e. The van der Waals surface area contributed by atoms with E-state index < -0.39 is 126 Å². The molecule has 4 aliphatic heterocycles. The van der Waals surface area contributed by atoms with Crippen molar-refractivity contribution in [2.75, 3.05) is 33.0 Å². The van der Waals surface area contributed by atoms with Crippen LogP contribution in [0, 0.1) is 57.2 Å². The van der Waals surface area contributed by atoms with Crippen LogP contribution in [0.3, 0.4) is 0 Å². The summed E-state index contributed by atoms with van der Waals surface area (Å²) in [5, 5.41) is -0.813. The summed E-state index contributed by atoms with van der Waals surface area (Å²) in [6.45, 7) is 22.0. The summed E-state index contributed by atoms with van der Waals surface area (Å²) >= 11 is 0. The highest BCUT2D eigenvalue weighted by Gasteiger charge is 2.67. The van der Waals surface area contributed by atoms with Gasteiger partial charge in [0.1, 0.15) is 62.0 Å². The molecule has 0 aromatic carbocycles. The molecule has 27 heteroatoms. The first-order valence-corrected chi connectivity index (χ1v) is 33.3. The molecule has 4 heterocycles. The average Bonchev–Trinajstić information content (AvgIpc) is 1.38. The van der Waals surface area contributed by atoms with E-state index in [1.165, 1.54) is 0 Å². The van der Waals surface area contributed by atoms with E-state index in [0.717, 1.165) is 38.5 Å². The minimum Gasteiger partial charge on any atom is -0.461 e. The highest BCUT2D eigenvalue weighted by atomic mass is 32.2. The van der Waals surface area contributed by atoms with Crippen LogP contribution in [0.15, 0.2) is 0 Å². The first-order valence-electron chi connectivity index (χ1n) is 30.3. The van der Waals surface area contributed by atoms with E-state index in [9.17, 15) is 55.2 Å². The fraction of sp³-hybridized carbons (Fsp3) is 0.864. The van der Waals surface area contributed by atoms with E-state index >= 15 is 0 Å². The number of hydrogen-bond donors (Lipinski definition) is 0. The molecule has 14 atom stereocenters. The standard InChI is InChI=1S/C21H30O8.C15H22O7S.C13H20O5S.C10H16O5/c1-4-19(2,3)16(22)28-20-6-13-5-14(7-20)9-21(8-13,12-20)29-18(24)26-11-15-10-25-17(23)27-15;1-4-15(2,3)14(17)20-7-11(16)21-12-8-5-9-10(6-8)23(18,19)22-13(9)12;1-4-13(2,3)12(14)17-10-7-5-8-9(6-7)19(15,16)18-11(8)10;1-4-10(2,3)8(11)13-5-7-6-14-9(12)15-7/h13-15H,4-12H2,1-3H3;8-10,12-13H,4-7H2,1-3H3;7-11H,4-6H2,1-3H3;7H,4-6H2,1-3H3. The third-order valence-corrected chi connectivity index (χ3v) is 23.6. The number of cyclic esters (lactones) is 4. The van der Waals surface area contributed by atoms with Gasteiger partial charge in [0, 0.05) is 30.1 Å². The predicted molar refractivity (Wildman–Crippen MR) is 297 cm³/mol. The molecule has 8 saturated carbocycles. The Kier molecular flexibility index (Phi) is 19.5. The van der Waals surface area contributed by atoms with Gasteiger partial charge in [-0.3, -0.25) is 27.5 Å². The van der Waals surface area contributed by atoms with Gasteiger partial charge in [0.2, 0.25) is 0 Å². The van der Waals surface area contributed by atoms with Gasteiger partial charge in [-0.25, -0.2) is 19.2 Å². The Bertz CT molecular complexity index is 2810. The molecule has 8 bridgehead atoms. The average molecular weight is 1260 g/mol. The molecule has 12 fully saturated rings. The van der Waals surface area contributed by atoms with Crippen LogP contribution in [0.1, 0.15) is 173 Å². The number of esters is 5. The van der Waals surface area contributed by atoms with Crippen molar-refractivity contribution in [2.45, 2.75) is 231 Å². The second-order valence-electron chi connectivity index (χ2n) is 27.9. The maximum absolute atomic E-state index is 12.8. The molecule has 12 rings (SSSR count). The maximum atomic E-state index is 12.8. The van der Waals surface area contributed by atoms with E-state index in [2.05, 4.69) is 9.47 Å². The Hall–Kier alpha value is -5.02. The Morgan fingerprint density at radius 3 is 1.36 bits per heavy atom. The Morgan fingerprint density at radius 1 is 0.512 bits per heavy atom. The summed E-state index contributed by atoms with van der Waals surface area (Å²) < 4.78 is 114. The lowest BCUT2D eigenvalue weighted by Gasteiger charge is -2.60. The zero-order valence-corrected chi connectivity index (χ0v) is 53.2. The smallest absolute Gasteiger partial charge is 0.461 e. The number of fused-ring (bicyclic) bond motifs is 2. The Labute approximate surface area is 503 Å². The third kappa shape index (κ3) is 14.5. The van der Waals surface area contributed by atoms with Gasteiger partial charge in [0.05, 0.1) is 32.2 Å². The normalized spacial score (nSPS) is 35.6. The molecule has 0 N–H and O–H groups in total. The summed E-state index contributed by atoms with van der Waals surface area (Å²) in [5.41, 5.74) is -3.41. The van der Waals surface area contributed by atoms with Crippen molar-refractivity contribution in [3.63, 3.8) is 0 Å². The molecule has 0 amide bonds. The zero-order chi connectivity index (χ0) is 63.3. The highest BCUT2D eigenvalue weighted by molar-refractivity contribution is 7.88. The van der Waals surface area contributed by atoms with Crippen LogP contribution in [0.5, 0.6) is 0 Å². The van der Waals surface area contributed by atoms with E-state index in [-0.39, 0.29) is 79.4 Å². The van der Waals surface area contributed by atoms with Crippen molar-refractivity contribution in [1.82, 2.24) is 0 Å². The van der Waals surface area contributed by atoms with Crippen molar-refractivity contribution in [3.8, 4) is 0 Å². The second-order valence-corrected chi connectivity index (χ2v) is 31.5. The van der Waals surface area contributed by atoms with Gasteiger partial charge in [-0.15, -0.1) is 0 Å². The maximum Gasteiger partial charge on any atom is 0.508 e. The summed E-state index contributed by atoms with van der Waals surface area (Å²) in [5.74, 6) is -0.962. The van der Waals surface area contributed by atoms with Crippen molar-refractivity contribution in [3.05, 3.63) is 0 Å². The van der Waals surface area contributed by atoms with Crippen LogP contribution >= 0.6 is 0 Å². The van der Waals surface area contributed by atoms with Crippen LogP contribution < -0.4 is 0 Å². The van der Waals surface area contributed by atoms with Crippen LogP contribution in [0.25, 0.3) is 0 Å². The van der Waals surface area contributed by atoms with Crippen molar-refractivity contribution in [2.24, 2.45) is 57.2 Å². The lowest BCUT2D eigenvalue weighted by atomic mass is 9.52. The summed E-state index contributed by atoms with van der Waals surface area (Å²) in [7, 11) is -6.96. The molecular formula is C59H88O25S2. The van der Waals surface area contributed by atoms with Gasteiger partial charge in [0.15, 0.2) is 18.8 Å². The highest BCUT2D eigenvalue weighted by Crippen LogP contribution is 2.61. The minimum atomic E-state index is -3.53. The molecule has 0 aromatic heterocycles. The van der Waals surface area contributed by atoms with Gasteiger partial charge in [-0.05, 0) is 151 Å². The van der Waals surface area contributed by atoms with Crippen LogP contribution in [0.4, 0.5) is 14.4 Å². The number of carbonyl (C=O) groups excluding carboxylic acids is 8. The Balaban J connectivity index is 0.000000153. The number of hydrogen-bond acceptors (Lipinski definition) is 25. The molecular weight excluding hydrogens is 1170 g/mol. The predicted octanol–water partition coefficient (Wildman–Crippen LogP) is 7.73. The summed E-state index contributed by atoms with van der Waals surface area (Å²) in [6.07, 6.45) is 4.85. The fourth-order valence-electron chi connectivity index (χ4n) is 13.7. The molecule has 8 aliphatic carbocycles. The van der Waals surface area contributed by atoms with E-state index in [0.29, 0.717) is 63.2 Å². The first-order chi connectivity index (χ1) is 40.0. The molecule has 486 valence electrons. The first kappa shape index (κ1) is 66.9. The summed E-state index contributed by atoms with van der Waals surface area (Å²) in [6, 6.07) is 0. The lowest BCUT2D eigenvalue weighted by Crippen LogP contribution is -2.62. The van der Waals surface area contributed by atoms with Crippen molar-refractivity contribution in [1.29, 1.82) is 0 Å². The molecule has 25 nitrogen and oxygen atoms in total. The Morgan fingerprint density at radius 2 is 0.919 bits per heavy atom. The van der Waals surface area contributed by atoms with Gasteiger partial charge >= 0.3 is 48.3 Å². The van der Waals surface area contributed by atoms with Gasteiger partial charge in [-0.1, -0.05) is 27.7 Å². The number of rotatable bonds is 18. The molecule has 0 aromatic rings. The van der Waals surface area contributed by atoms with Gasteiger partial charge in [-0.2, -0.15) is 16.8 Å². The van der Waals surface area contributed by atoms with E-state index in [1.54, 1.807) is 13.8 Å². The third-order valence-electron chi connectivity index (χ3n) is 20.1. The zero-order valence-electron chi connectivity index (χ0n) is 51.5. The topological polar surface area (TPSA) is 325 Å². The minimum absolute atomic E-state index is 0.0130. The number of carbonyl (C=O) groups is 8. The molecule has 14 unspecified atom stereocenters. The van der Waals surface area contributed by atoms with E-state index in [4.69, 9.17) is 51.0 Å². The SMILES string of the molecule is CCC(C)(C)C(=O)OC12CC3CC(CC(OC(=O)OCC4COC(=O)O4)(C3)C1)C2.CCC(C)(C)C(=O)OC1C2CC3C1OS(=O)(=O)C3C2.CCC(C)(C)C(=O)OCC(=O)OC1C2CC3C1OS(=O)(=O)C3C2.CCC(C)(C)C(=O)OCC1COC(=O)O1. The van der Waals surface area contributed by atoms with Crippen LogP contribution in [-0.4, -0.2) is 157 Å². The molecule has 0 spiro atoms. The van der Waals surface area contributed by atoms with Crippen LogP contribution in [-0.2, 0) is 105 Å². The molecule has 12 aliphatic rings. The summed E-state index contributed by atoms with van der Waals surface area (Å²) in [4.78, 5) is 94.1. The molecule has 4 saturated heterocycles. The quantitative estimate of drug-likeness (QED) is 0.0719.